The summed E-state index contributed by atoms with van der Waals surface area (Å²) >= 11 is 0. The smallest absolute Gasteiger partial charge is 0.191 e. The van der Waals surface area contributed by atoms with Crippen LogP contribution < -0.4 is 10.6 Å². The first kappa shape index (κ1) is 22.1. The van der Waals surface area contributed by atoms with Crippen LogP contribution in [0, 0.1) is 17.0 Å². The summed E-state index contributed by atoms with van der Waals surface area (Å²) in [4.78, 5) is 4.22. The van der Waals surface area contributed by atoms with Crippen LogP contribution in [0.2, 0.25) is 0 Å². The number of hydrogen-bond donors (Lipinski definition) is 2. The Hall–Kier alpha value is -0.960. The van der Waals surface area contributed by atoms with E-state index in [-0.39, 0.29) is 30.0 Å². The minimum Gasteiger partial charge on any atom is -0.382 e. The van der Waals surface area contributed by atoms with Gasteiger partial charge < -0.3 is 15.4 Å². The van der Waals surface area contributed by atoms with Crippen molar-refractivity contribution in [1.29, 1.82) is 0 Å². The monoisotopic (exact) mass is 467 g/mol. The van der Waals surface area contributed by atoms with Crippen molar-refractivity contribution in [3.05, 3.63) is 35.4 Å². The van der Waals surface area contributed by atoms with E-state index >= 15 is 0 Å². The maximum atomic E-state index is 13.4. The highest BCUT2D eigenvalue weighted by atomic mass is 127. The molecule has 0 amide bonds. The van der Waals surface area contributed by atoms with Crippen LogP contribution in [0.4, 0.5) is 8.78 Å². The summed E-state index contributed by atoms with van der Waals surface area (Å²) in [5.74, 6) is -1.01. The molecule has 0 radical (unpaired) electrons. The van der Waals surface area contributed by atoms with Crippen LogP contribution in [-0.4, -0.2) is 32.8 Å². The van der Waals surface area contributed by atoms with Gasteiger partial charge in [-0.3, -0.25) is 4.99 Å². The average molecular weight is 467 g/mol. The van der Waals surface area contributed by atoms with Gasteiger partial charge in [-0.2, -0.15) is 0 Å². The molecule has 25 heavy (non-hydrogen) atoms. The lowest BCUT2D eigenvalue weighted by molar-refractivity contribution is 0.128. The molecule has 1 aromatic carbocycles. The van der Waals surface area contributed by atoms with E-state index < -0.39 is 11.6 Å². The summed E-state index contributed by atoms with van der Waals surface area (Å²) in [5.41, 5.74) is 0.979. The Labute approximate surface area is 165 Å². The number of nitrogens with zero attached hydrogens (tertiary/aromatic N) is 1. The molecule has 0 bridgehead atoms. The first-order valence-corrected chi connectivity index (χ1v) is 8.49. The fraction of sp³-hybridized carbons (Fsp3) is 0.611. The number of aliphatic imine (C=N–C) groups is 1. The highest BCUT2D eigenvalue weighted by Crippen LogP contribution is 2.48. The SMILES string of the molecule is CCOCCC1(CNC(=NC)NC(C)c2ccc(F)c(F)c2)CC1.I. The molecule has 1 unspecified atom stereocenters. The van der Waals surface area contributed by atoms with Gasteiger partial charge in [0.2, 0.25) is 0 Å². The lowest BCUT2D eigenvalue weighted by Gasteiger charge is -2.21. The van der Waals surface area contributed by atoms with Gasteiger partial charge in [-0.15, -0.1) is 24.0 Å². The molecule has 0 aromatic heterocycles. The van der Waals surface area contributed by atoms with Gasteiger partial charge in [0.15, 0.2) is 17.6 Å². The van der Waals surface area contributed by atoms with Crippen LogP contribution in [0.5, 0.6) is 0 Å². The van der Waals surface area contributed by atoms with Crippen molar-refractivity contribution in [3.63, 3.8) is 0 Å². The molecule has 1 atom stereocenters. The third-order valence-corrected chi connectivity index (χ3v) is 4.59. The van der Waals surface area contributed by atoms with Crippen LogP contribution in [0.15, 0.2) is 23.2 Å². The summed E-state index contributed by atoms with van der Waals surface area (Å²) < 4.78 is 31.8. The Morgan fingerprint density at radius 3 is 2.60 bits per heavy atom. The van der Waals surface area contributed by atoms with Crippen LogP contribution in [0.25, 0.3) is 0 Å². The van der Waals surface area contributed by atoms with E-state index in [1.54, 1.807) is 13.1 Å². The van der Waals surface area contributed by atoms with Gasteiger partial charge >= 0.3 is 0 Å². The van der Waals surface area contributed by atoms with Crippen LogP contribution in [0.3, 0.4) is 0 Å². The number of halogens is 3. The first-order chi connectivity index (χ1) is 11.5. The van der Waals surface area contributed by atoms with Crippen molar-refractivity contribution in [2.75, 3.05) is 26.8 Å². The first-order valence-electron chi connectivity index (χ1n) is 8.49. The summed E-state index contributed by atoms with van der Waals surface area (Å²) in [7, 11) is 1.70. The molecule has 1 aliphatic rings. The number of rotatable bonds is 8. The van der Waals surface area contributed by atoms with E-state index in [2.05, 4.69) is 15.6 Å². The highest BCUT2D eigenvalue weighted by Gasteiger charge is 2.42. The topological polar surface area (TPSA) is 45.6 Å². The van der Waals surface area contributed by atoms with Crippen molar-refractivity contribution >= 4 is 29.9 Å². The number of nitrogens with one attached hydrogen (secondary N) is 2. The zero-order valence-electron chi connectivity index (χ0n) is 15.1. The molecule has 142 valence electrons. The van der Waals surface area contributed by atoms with Crippen molar-refractivity contribution < 1.29 is 13.5 Å². The maximum absolute atomic E-state index is 13.4. The second kappa shape index (κ2) is 10.3. The maximum Gasteiger partial charge on any atom is 0.191 e. The van der Waals surface area contributed by atoms with Gasteiger partial charge in [0.1, 0.15) is 0 Å². The molecule has 0 heterocycles. The normalized spacial score (nSPS) is 16.8. The minimum absolute atomic E-state index is 0. The Morgan fingerprint density at radius 1 is 1.32 bits per heavy atom. The Kier molecular flexibility index (Phi) is 9.06. The lowest BCUT2D eigenvalue weighted by atomic mass is 10.0. The Balaban J connectivity index is 0.00000312. The molecule has 2 N–H and O–H groups in total. The summed E-state index contributed by atoms with van der Waals surface area (Å²) in [5, 5.41) is 6.56. The molecule has 1 saturated carbocycles. The van der Waals surface area contributed by atoms with Crippen molar-refractivity contribution in [2.24, 2.45) is 10.4 Å². The number of benzene rings is 1. The zero-order valence-corrected chi connectivity index (χ0v) is 17.4. The van der Waals surface area contributed by atoms with E-state index in [4.69, 9.17) is 4.74 Å². The molecule has 1 fully saturated rings. The number of guanidine groups is 1. The van der Waals surface area contributed by atoms with Gasteiger partial charge in [0.05, 0.1) is 6.04 Å². The van der Waals surface area contributed by atoms with Gasteiger partial charge in [0, 0.05) is 26.8 Å². The summed E-state index contributed by atoms with van der Waals surface area (Å²) in [6, 6.07) is 3.76. The van der Waals surface area contributed by atoms with E-state index in [1.807, 2.05) is 13.8 Å². The molecular formula is C18H28F2IN3O. The molecular weight excluding hydrogens is 439 g/mol. The van der Waals surface area contributed by atoms with Crippen molar-refractivity contribution in [2.45, 2.75) is 39.2 Å². The molecule has 0 aliphatic heterocycles. The van der Waals surface area contributed by atoms with Gasteiger partial charge in [-0.05, 0) is 56.2 Å². The molecule has 0 spiro atoms. The summed E-state index contributed by atoms with van der Waals surface area (Å²) in [6.45, 7) is 6.27. The van der Waals surface area contributed by atoms with E-state index in [0.29, 0.717) is 16.9 Å². The largest absolute Gasteiger partial charge is 0.382 e. The molecule has 1 aromatic rings. The van der Waals surface area contributed by atoms with Gasteiger partial charge in [-0.25, -0.2) is 8.78 Å². The third kappa shape index (κ3) is 6.69. The lowest BCUT2D eigenvalue weighted by Crippen LogP contribution is -2.41. The molecule has 1 aliphatic carbocycles. The van der Waals surface area contributed by atoms with Crippen LogP contribution in [0.1, 0.15) is 44.7 Å². The van der Waals surface area contributed by atoms with Crippen molar-refractivity contribution in [3.8, 4) is 0 Å². The molecule has 4 nitrogen and oxygen atoms in total. The van der Waals surface area contributed by atoms with Gasteiger partial charge in [-0.1, -0.05) is 6.07 Å². The van der Waals surface area contributed by atoms with Crippen LogP contribution >= 0.6 is 24.0 Å². The molecule has 0 saturated heterocycles. The fourth-order valence-corrected chi connectivity index (χ4v) is 2.66. The zero-order chi connectivity index (χ0) is 17.6. The van der Waals surface area contributed by atoms with Gasteiger partial charge in [0.25, 0.3) is 0 Å². The predicted octanol–water partition coefficient (Wildman–Crippen LogP) is 4.02. The van der Waals surface area contributed by atoms with E-state index in [9.17, 15) is 8.78 Å². The number of hydrogen-bond acceptors (Lipinski definition) is 2. The average Bonchev–Trinajstić information content (AvgIpc) is 3.34. The second-order valence-electron chi connectivity index (χ2n) is 6.41. The Morgan fingerprint density at radius 2 is 2.04 bits per heavy atom. The van der Waals surface area contributed by atoms with Crippen molar-refractivity contribution in [1.82, 2.24) is 10.6 Å². The highest BCUT2D eigenvalue weighted by molar-refractivity contribution is 14.0. The quantitative estimate of drug-likeness (QED) is 0.263. The molecule has 2 rings (SSSR count). The predicted molar refractivity (Wildman–Crippen MR) is 107 cm³/mol. The molecule has 7 heteroatoms. The third-order valence-electron chi connectivity index (χ3n) is 4.59. The Bertz CT molecular complexity index is 579. The minimum atomic E-state index is -0.836. The van der Waals surface area contributed by atoms with E-state index in [0.717, 1.165) is 32.2 Å². The summed E-state index contributed by atoms with van der Waals surface area (Å²) in [6.07, 6.45) is 3.44. The van der Waals surface area contributed by atoms with E-state index in [1.165, 1.54) is 18.9 Å². The van der Waals surface area contributed by atoms with Crippen LogP contribution in [-0.2, 0) is 4.74 Å². The second-order valence-corrected chi connectivity index (χ2v) is 6.41. The standard InChI is InChI=1S/C18H27F2N3O.HI/c1-4-24-10-9-18(7-8-18)12-22-17(21-3)23-13(2)14-5-6-15(19)16(20)11-14;/h5-6,11,13H,4,7-10,12H2,1-3H3,(H2,21,22,23);1H. The number of ether oxygens (including phenoxy) is 1. The fourth-order valence-electron chi connectivity index (χ4n) is 2.66.